The minimum atomic E-state index is -0.0648. The van der Waals surface area contributed by atoms with Gasteiger partial charge in [0.1, 0.15) is 0 Å². The Bertz CT molecular complexity index is 560. The molecule has 0 aliphatic heterocycles. The van der Waals surface area contributed by atoms with Gasteiger partial charge in [-0.1, -0.05) is 11.6 Å². The lowest BCUT2D eigenvalue weighted by molar-refractivity contribution is -0.146. The summed E-state index contributed by atoms with van der Waals surface area (Å²) in [5.41, 5.74) is 1.44. The molecule has 2 N–H and O–H groups in total. The first kappa shape index (κ1) is 19.0. The first-order chi connectivity index (χ1) is 13.1. The molecule has 0 unspecified atom stereocenters. The molecular formula is C23H36N2O2. The molecule has 0 heterocycles. The molecule has 4 saturated carbocycles. The molecule has 0 aromatic carbocycles. The van der Waals surface area contributed by atoms with Gasteiger partial charge in [-0.25, -0.2) is 0 Å². The Kier molecular flexibility index (Phi) is 5.89. The molecule has 27 heavy (non-hydrogen) atoms. The maximum absolute atomic E-state index is 12.9. The van der Waals surface area contributed by atoms with Crippen LogP contribution in [0.5, 0.6) is 0 Å². The van der Waals surface area contributed by atoms with Crippen molar-refractivity contribution in [2.45, 2.75) is 83.5 Å². The average molecular weight is 373 g/mol. The van der Waals surface area contributed by atoms with Crippen LogP contribution in [-0.2, 0) is 9.59 Å². The lowest BCUT2D eigenvalue weighted by Crippen LogP contribution is -2.53. The van der Waals surface area contributed by atoms with Crippen molar-refractivity contribution in [1.82, 2.24) is 10.6 Å². The summed E-state index contributed by atoms with van der Waals surface area (Å²) in [6.07, 6.45) is 17.0. The summed E-state index contributed by atoms with van der Waals surface area (Å²) in [6.45, 7) is 1.39. The van der Waals surface area contributed by atoms with Gasteiger partial charge in [0.15, 0.2) is 0 Å². The molecule has 4 fully saturated rings. The van der Waals surface area contributed by atoms with Crippen LogP contribution in [0.1, 0.15) is 83.5 Å². The normalized spacial score (nSPS) is 34.2. The van der Waals surface area contributed by atoms with Gasteiger partial charge >= 0.3 is 0 Å². The number of carbonyl (C=O) groups is 2. The molecule has 0 saturated heterocycles. The number of allylic oxidation sites excluding steroid dienone is 1. The number of carbonyl (C=O) groups excluding carboxylic acids is 2. The van der Waals surface area contributed by atoms with Crippen molar-refractivity contribution in [1.29, 1.82) is 0 Å². The van der Waals surface area contributed by atoms with E-state index in [0.717, 1.165) is 56.4 Å². The van der Waals surface area contributed by atoms with Crippen LogP contribution in [0.15, 0.2) is 11.6 Å². The average Bonchev–Trinajstić information content (AvgIpc) is 2.65. The summed E-state index contributed by atoms with van der Waals surface area (Å²) < 4.78 is 0. The molecule has 2 amide bonds. The van der Waals surface area contributed by atoms with Gasteiger partial charge in [0.05, 0.1) is 0 Å². The molecule has 5 aliphatic carbocycles. The molecule has 0 spiro atoms. The first-order valence-corrected chi connectivity index (χ1v) is 11.4. The SMILES string of the molecule is O=C(CCCNC(=O)C12CC3CC(CC(C3)C1)C2)NCCC1=CCCCC1. The predicted molar refractivity (Wildman–Crippen MR) is 107 cm³/mol. The molecule has 4 heteroatoms. The second-order valence-corrected chi connectivity index (χ2v) is 9.77. The van der Waals surface area contributed by atoms with Gasteiger partial charge in [-0.3, -0.25) is 9.59 Å². The van der Waals surface area contributed by atoms with E-state index in [9.17, 15) is 9.59 Å². The zero-order valence-corrected chi connectivity index (χ0v) is 16.7. The van der Waals surface area contributed by atoms with Gasteiger partial charge in [-0.05, 0) is 94.8 Å². The molecule has 0 aromatic rings. The highest BCUT2D eigenvalue weighted by Crippen LogP contribution is 2.60. The Balaban J connectivity index is 1.11. The molecule has 0 radical (unpaired) electrons. The Morgan fingerprint density at radius 3 is 2.30 bits per heavy atom. The molecule has 5 aliphatic rings. The third-order valence-electron chi connectivity index (χ3n) is 7.54. The number of hydrogen-bond acceptors (Lipinski definition) is 2. The van der Waals surface area contributed by atoms with Crippen molar-refractivity contribution in [2.75, 3.05) is 13.1 Å². The summed E-state index contributed by atoms with van der Waals surface area (Å²) in [6, 6.07) is 0. The Hall–Kier alpha value is -1.32. The molecule has 0 atom stereocenters. The molecule has 5 rings (SSSR count). The highest BCUT2D eigenvalue weighted by atomic mass is 16.2. The topological polar surface area (TPSA) is 58.2 Å². The van der Waals surface area contributed by atoms with Crippen molar-refractivity contribution in [3.8, 4) is 0 Å². The van der Waals surface area contributed by atoms with Crippen molar-refractivity contribution >= 4 is 11.8 Å². The van der Waals surface area contributed by atoms with Gasteiger partial charge in [-0.2, -0.15) is 0 Å². The van der Waals surface area contributed by atoms with Gasteiger partial charge in [0, 0.05) is 24.9 Å². The van der Waals surface area contributed by atoms with E-state index in [2.05, 4.69) is 16.7 Å². The van der Waals surface area contributed by atoms with E-state index in [1.54, 1.807) is 0 Å². The monoisotopic (exact) mass is 372 g/mol. The molecule has 0 aromatic heterocycles. The molecule has 4 nitrogen and oxygen atoms in total. The van der Waals surface area contributed by atoms with Gasteiger partial charge in [-0.15, -0.1) is 0 Å². The molecule has 4 bridgehead atoms. The number of rotatable bonds is 8. The first-order valence-electron chi connectivity index (χ1n) is 11.4. The summed E-state index contributed by atoms with van der Waals surface area (Å²) in [5.74, 6) is 2.80. The summed E-state index contributed by atoms with van der Waals surface area (Å²) in [4.78, 5) is 24.9. The second-order valence-electron chi connectivity index (χ2n) is 9.77. The maximum atomic E-state index is 12.9. The van der Waals surface area contributed by atoms with Crippen molar-refractivity contribution in [3.05, 3.63) is 11.6 Å². The molecular weight excluding hydrogens is 336 g/mol. The van der Waals surface area contributed by atoms with Crippen LogP contribution in [-0.4, -0.2) is 24.9 Å². The van der Waals surface area contributed by atoms with Crippen molar-refractivity contribution < 1.29 is 9.59 Å². The minimum absolute atomic E-state index is 0.0648. The van der Waals surface area contributed by atoms with Gasteiger partial charge < -0.3 is 10.6 Å². The van der Waals surface area contributed by atoms with E-state index < -0.39 is 0 Å². The minimum Gasteiger partial charge on any atom is -0.356 e. The van der Waals surface area contributed by atoms with E-state index in [1.807, 2.05) is 0 Å². The van der Waals surface area contributed by atoms with Crippen LogP contribution in [0.2, 0.25) is 0 Å². The van der Waals surface area contributed by atoms with Crippen LogP contribution in [0, 0.1) is 23.2 Å². The quantitative estimate of drug-likeness (QED) is 0.498. The van der Waals surface area contributed by atoms with E-state index in [0.29, 0.717) is 13.0 Å². The summed E-state index contributed by atoms with van der Waals surface area (Å²) >= 11 is 0. The lowest BCUT2D eigenvalue weighted by Gasteiger charge is -2.55. The van der Waals surface area contributed by atoms with Crippen LogP contribution in [0.3, 0.4) is 0 Å². The van der Waals surface area contributed by atoms with E-state index in [4.69, 9.17) is 0 Å². The standard InChI is InChI=1S/C23H36N2O2/c26-21(24-10-8-17-5-2-1-3-6-17)7-4-9-25-22(27)23-14-18-11-19(15-23)13-20(12-18)16-23/h5,18-20H,1-4,6-16H2,(H,24,26)(H,25,27). The highest BCUT2D eigenvalue weighted by Gasteiger charge is 2.54. The zero-order valence-electron chi connectivity index (χ0n) is 16.7. The Labute approximate surface area is 163 Å². The number of hydrogen-bond donors (Lipinski definition) is 2. The third-order valence-corrected chi connectivity index (χ3v) is 7.54. The maximum Gasteiger partial charge on any atom is 0.226 e. The number of amides is 2. The van der Waals surface area contributed by atoms with Crippen LogP contribution < -0.4 is 10.6 Å². The van der Waals surface area contributed by atoms with Crippen LogP contribution in [0.4, 0.5) is 0 Å². The largest absolute Gasteiger partial charge is 0.356 e. The van der Waals surface area contributed by atoms with E-state index in [-0.39, 0.29) is 17.2 Å². The fraction of sp³-hybridized carbons (Fsp3) is 0.826. The lowest BCUT2D eigenvalue weighted by atomic mass is 9.49. The summed E-state index contributed by atoms with van der Waals surface area (Å²) in [5, 5.41) is 6.21. The van der Waals surface area contributed by atoms with Gasteiger partial charge in [0.2, 0.25) is 11.8 Å². The molecule has 150 valence electrons. The summed E-state index contributed by atoms with van der Waals surface area (Å²) in [7, 11) is 0. The fourth-order valence-electron chi connectivity index (χ4n) is 6.61. The smallest absolute Gasteiger partial charge is 0.226 e. The Morgan fingerprint density at radius 2 is 1.67 bits per heavy atom. The fourth-order valence-corrected chi connectivity index (χ4v) is 6.61. The second kappa shape index (κ2) is 8.36. The van der Waals surface area contributed by atoms with Crippen molar-refractivity contribution in [3.63, 3.8) is 0 Å². The highest BCUT2D eigenvalue weighted by molar-refractivity contribution is 5.83. The zero-order chi connectivity index (χ0) is 18.7. The number of nitrogens with one attached hydrogen (secondary N) is 2. The van der Waals surface area contributed by atoms with E-state index >= 15 is 0 Å². The van der Waals surface area contributed by atoms with Crippen molar-refractivity contribution in [2.24, 2.45) is 23.2 Å². The van der Waals surface area contributed by atoms with Crippen LogP contribution >= 0.6 is 0 Å². The van der Waals surface area contributed by atoms with E-state index in [1.165, 1.54) is 50.5 Å². The van der Waals surface area contributed by atoms with Crippen LogP contribution in [0.25, 0.3) is 0 Å². The van der Waals surface area contributed by atoms with Gasteiger partial charge in [0.25, 0.3) is 0 Å². The third kappa shape index (κ3) is 4.57. The predicted octanol–water partition coefficient (Wildman–Crippen LogP) is 4.11. The Morgan fingerprint density at radius 1 is 0.963 bits per heavy atom.